The topological polar surface area (TPSA) is 60.4 Å². The van der Waals surface area contributed by atoms with E-state index in [1.807, 2.05) is 0 Å². The molecule has 0 radical (unpaired) electrons. The van der Waals surface area contributed by atoms with Gasteiger partial charge in [-0.1, -0.05) is 87.5 Å². The molecule has 6 nitrogen and oxygen atoms in total. The first kappa shape index (κ1) is 28.5. The maximum atomic E-state index is 13.1. The van der Waals surface area contributed by atoms with Gasteiger partial charge in [-0.3, -0.25) is 4.90 Å². The highest BCUT2D eigenvalue weighted by atomic mass is 28.4. The lowest BCUT2D eigenvalue weighted by molar-refractivity contribution is -0.296. The summed E-state index contributed by atoms with van der Waals surface area (Å²) in [6.45, 7) is 10.1. The van der Waals surface area contributed by atoms with E-state index in [2.05, 4.69) is 98.5 Å². The number of nitrogens with zero attached hydrogens (tertiary/aromatic N) is 1. The Hall–Kier alpha value is -2.68. The first-order valence-electron chi connectivity index (χ1n) is 17.1. The van der Waals surface area contributed by atoms with Gasteiger partial charge in [-0.05, 0) is 71.6 Å². The van der Waals surface area contributed by atoms with Crippen LogP contribution in [0.5, 0.6) is 11.5 Å². The lowest BCUT2D eigenvalue weighted by Gasteiger charge is -2.65. The van der Waals surface area contributed by atoms with Crippen LogP contribution in [-0.2, 0) is 21.3 Å². The third-order valence-corrected chi connectivity index (χ3v) is 17.1. The van der Waals surface area contributed by atoms with E-state index in [-0.39, 0.29) is 11.1 Å². The molecule has 2 saturated carbocycles. The van der Waals surface area contributed by atoms with Crippen LogP contribution in [0.3, 0.4) is 0 Å². The van der Waals surface area contributed by atoms with Gasteiger partial charge in [0.15, 0.2) is 11.9 Å². The standard InChI is InChI=1S/C38H45NO5Si/c1-35(2,3)45(28-10-6-4-7-11-28,29-12-8-5-9-13-29)44-30-17-16-27-24-31-37(40)18-19-38(41-22-23-42-38)34-36(37,32(27)33(30)43-34)20-21-39(31)25-26-14-15-26/h4-13,16-17,26,31,34,40H,14-15,18-25H2,1-3H3/t31?,34?,36?,37-/m1/s1. The average molecular weight is 624 g/mol. The number of benzene rings is 3. The Labute approximate surface area is 267 Å². The fourth-order valence-corrected chi connectivity index (χ4v) is 14.5. The summed E-state index contributed by atoms with van der Waals surface area (Å²) >= 11 is 0. The summed E-state index contributed by atoms with van der Waals surface area (Å²) in [5.74, 6) is 1.51. The first-order chi connectivity index (χ1) is 21.7. The number of hydrogen-bond donors (Lipinski definition) is 1. The molecule has 3 aromatic carbocycles. The first-order valence-corrected chi connectivity index (χ1v) is 19.0. The summed E-state index contributed by atoms with van der Waals surface area (Å²) in [4.78, 5) is 2.61. The van der Waals surface area contributed by atoms with Crippen LogP contribution in [0.15, 0.2) is 72.8 Å². The van der Waals surface area contributed by atoms with Gasteiger partial charge in [-0.25, -0.2) is 0 Å². The Morgan fingerprint density at radius 3 is 2.18 bits per heavy atom. The Morgan fingerprint density at radius 1 is 0.889 bits per heavy atom. The van der Waals surface area contributed by atoms with Crippen LogP contribution in [0.1, 0.15) is 64.0 Å². The van der Waals surface area contributed by atoms with Crippen LogP contribution < -0.4 is 19.5 Å². The second-order valence-corrected chi connectivity index (χ2v) is 19.7. The molecule has 3 unspecified atom stereocenters. The second-order valence-electron chi connectivity index (χ2n) is 15.5. The van der Waals surface area contributed by atoms with Gasteiger partial charge in [0, 0.05) is 24.6 Å². The average Bonchev–Trinajstić information content (AvgIpc) is 3.60. The molecule has 2 spiro atoms. The van der Waals surface area contributed by atoms with E-state index in [0.29, 0.717) is 26.1 Å². The van der Waals surface area contributed by atoms with Crippen molar-refractivity contribution in [3.05, 3.63) is 83.9 Å². The minimum absolute atomic E-state index is 0.0681. The Bertz CT molecular complexity index is 1570. The van der Waals surface area contributed by atoms with Crippen LogP contribution in [0.4, 0.5) is 0 Å². The maximum Gasteiger partial charge on any atom is 0.320 e. The third kappa shape index (κ3) is 3.76. The van der Waals surface area contributed by atoms with Gasteiger partial charge in [-0.2, -0.15) is 0 Å². The Kier molecular flexibility index (Phi) is 6.13. The predicted octanol–water partition coefficient (Wildman–Crippen LogP) is 4.93. The van der Waals surface area contributed by atoms with Crippen LogP contribution in [0.25, 0.3) is 0 Å². The number of likely N-dealkylation sites (tertiary alicyclic amines) is 1. The molecule has 3 heterocycles. The lowest BCUT2D eigenvalue weighted by atomic mass is 9.48. The zero-order chi connectivity index (χ0) is 30.7. The van der Waals surface area contributed by atoms with Gasteiger partial charge in [-0.15, -0.1) is 0 Å². The monoisotopic (exact) mass is 623 g/mol. The largest absolute Gasteiger partial charge is 0.531 e. The summed E-state index contributed by atoms with van der Waals surface area (Å²) in [6.07, 6.45) is 5.15. The number of fused-ring (bicyclic) bond motifs is 1. The van der Waals surface area contributed by atoms with E-state index in [4.69, 9.17) is 18.6 Å². The molecule has 2 bridgehead atoms. The van der Waals surface area contributed by atoms with Crippen LogP contribution in [-0.4, -0.2) is 68.2 Å². The summed E-state index contributed by atoms with van der Waals surface area (Å²) < 4.78 is 27.9. The summed E-state index contributed by atoms with van der Waals surface area (Å²) in [5.41, 5.74) is 0.923. The van der Waals surface area contributed by atoms with Gasteiger partial charge in [0.05, 0.1) is 24.2 Å². The van der Waals surface area contributed by atoms with Gasteiger partial charge in [0.25, 0.3) is 0 Å². The fraction of sp³-hybridized carbons (Fsp3) is 0.526. The highest BCUT2D eigenvalue weighted by Crippen LogP contribution is 2.68. The molecule has 7 heteroatoms. The predicted molar refractivity (Wildman–Crippen MR) is 176 cm³/mol. The van der Waals surface area contributed by atoms with E-state index >= 15 is 0 Å². The van der Waals surface area contributed by atoms with E-state index in [1.54, 1.807) is 0 Å². The molecule has 3 aliphatic heterocycles. The van der Waals surface area contributed by atoms with Gasteiger partial charge in [0.2, 0.25) is 5.79 Å². The summed E-state index contributed by atoms with van der Waals surface area (Å²) in [7, 11) is -2.93. The molecule has 4 atom stereocenters. The van der Waals surface area contributed by atoms with Crippen LogP contribution >= 0.6 is 0 Å². The lowest BCUT2D eigenvalue weighted by Crippen LogP contribution is -2.79. The molecule has 9 rings (SSSR count). The smallest absolute Gasteiger partial charge is 0.320 e. The molecule has 6 aliphatic rings. The molecule has 2 saturated heterocycles. The molecule has 1 N–H and O–H groups in total. The molecule has 236 valence electrons. The second kappa shape index (κ2) is 9.67. The van der Waals surface area contributed by atoms with Crippen molar-refractivity contribution in [1.29, 1.82) is 0 Å². The Balaban J connectivity index is 1.24. The van der Waals surface area contributed by atoms with E-state index in [0.717, 1.165) is 48.9 Å². The van der Waals surface area contributed by atoms with Crippen molar-refractivity contribution in [1.82, 2.24) is 4.90 Å². The number of hydrogen-bond acceptors (Lipinski definition) is 6. The zero-order valence-electron chi connectivity index (χ0n) is 26.8. The van der Waals surface area contributed by atoms with Crippen LogP contribution in [0.2, 0.25) is 5.04 Å². The minimum atomic E-state index is -2.93. The SMILES string of the molecule is CC(C)(C)[Si](Oc1ccc2c3c1OC1C4(CC[C@@]5(O)C(C2)N(CC2CC2)CCC315)OCCO4)(c1ccccc1)c1ccccc1. The van der Waals surface area contributed by atoms with Crippen molar-refractivity contribution in [3.8, 4) is 11.5 Å². The molecule has 3 aromatic rings. The van der Waals surface area contributed by atoms with Gasteiger partial charge >= 0.3 is 8.32 Å². The normalized spacial score (nSPS) is 31.5. The number of rotatable bonds is 6. The molecular formula is C38H45NO5Si. The summed E-state index contributed by atoms with van der Waals surface area (Å²) in [6, 6.07) is 26.1. The van der Waals surface area contributed by atoms with Crippen molar-refractivity contribution < 1.29 is 23.7 Å². The molecular weight excluding hydrogens is 579 g/mol. The van der Waals surface area contributed by atoms with Crippen molar-refractivity contribution in [2.75, 3.05) is 26.3 Å². The fourth-order valence-electron chi connectivity index (χ4n) is 10.1. The number of piperidine rings is 1. The highest BCUT2D eigenvalue weighted by Gasteiger charge is 2.77. The minimum Gasteiger partial charge on any atom is -0.531 e. The van der Waals surface area contributed by atoms with Crippen molar-refractivity contribution in [2.45, 2.75) is 93.3 Å². The summed E-state index contributed by atoms with van der Waals surface area (Å²) in [5, 5.41) is 15.4. The molecule has 45 heavy (non-hydrogen) atoms. The van der Waals surface area contributed by atoms with Crippen molar-refractivity contribution >= 4 is 18.7 Å². The zero-order valence-corrected chi connectivity index (χ0v) is 27.8. The molecule has 3 aliphatic carbocycles. The van der Waals surface area contributed by atoms with E-state index in [9.17, 15) is 5.11 Å². The third-order valence-electron chi connectivity index (χ3n) is 12.2. The number of aliphatic hydroxyl groups is 1. The van der Waals surface area contributed by atoms with Gasteiger partial charge < -0.3 is 23.7 Å². The number of ether oxygens (including phenoxy) is 3. The van der Waals surface area contributed by atoms with E-state index < -0.39 is 31.2 Å². The molecule has 0 aromatic heterocycles. The maximum absolute atomic E-state index is 13.1. The molecule has 4 fully saturated rings. The highest BCUT2D eigenvalue weighted by molar-refractivity contribution is 7.00. The quantitative estimate of drug-likeness (QED) is 0.393. The van der Waals surface area contributed by atoms with Crippen molar-refractivity contribution in [2.24, 2.45) is 5.92 Å². The van der Waals surface area contributed by atoms with E-state index in [1.165, 1.54) is 28.8 Å². The Morgan fingerprint density at radius 2 is 1.56 bits per heavy atom. The molecule has 0 amide bonds. The van der Waals surface area contributed by atoms with Crippen molar-refractivity contribution in [3.63, 3.8) is 0 Å². The van der Waals surface area contributed by atoms with Crippen LogP contribution in [0, 0.1) is 5.92 Å². The van der Waals surface area contributed by atoms with Gasteiger partial charge in [0.1, 0.15) is 5.75 Å².